The maximum Gasteiger partial charge on any atom is 0.243 e. The van der Waals surface area contributed by atoms with Gasteiger partial charge in [0.05, 0.1) is 0 Å². The molecule has 2 aliphatic rings. The average Bonchev–Trinajstić information content (AvgIpc) is 2.74. The highest BCUT2D eigenvalue weighted by atomic mass is 32.3. The fourth-order valence-corrected chi connectivity index (χ4v) is 3.74. The van der Waals surface area contributed by atoms with Crippen LogP contribution < -0.4 is 5.14 Å². The summed E-state index contributed by atoms with van der Waals surface area (Å²) < 4.78 is 26.9. The first kappa shape index (κ1) is 9.88. The van der Waals surface area contributed by atoms with Crippen molar-refractivity contribution in [2.24, 2.45) is 5.14 Å². The van der Waals surface area contributed by atoms with E-state index in [4.69, 9.17) is 9.88 Å². The third kappa shape index (κ3) is 1.32. The van der Waals surface area contributed by atoms with E-state index in [9.17, 15) is 8.42 Å². The van der Waals surface area contributed by atoms with Crippen molar-refractivity contribution < 1.29 is 13.2 Å². The van der Waals surface area contributed by atoms with E-state index in [-0.39, 0.29) is 6.73 Å². The third-order valence-electron chi connectivity index (χ3n) is 2.16. The Labute approximate surface area is 86.6 Å². The minimum Gasteiger partial charge on any atom is -0.479 e. The Morgan fingerprint density at radius 1 is 1.57 bits per heavy atom. The number of ether oxygens (including phenoxy) is 1. The number of rotatable bonds is 2. The fraction of sp³-hybridized carbons (Fsp3) is 0.429. The Balaban J connectivity index is 2.36. The molecule has 0 spiro atoms. The third-order valence-corrected chi connectivity index (χ3v) is 5.53. The molecule has 0 amide bonds. The van der Waals surface area contributed by atoms with Crippen molar-refractivity contribution in [2.45, 2.75) is 10.6 Å². The van der Waals surface area contributed by atoms with Crippen molar-refractivity contribution in [1.82, 2.24) is 4.90 Å². The van der Waals surface area contributed by atoms with Crippen LogP contribution in [0.1, 0.15) is 6.42 Å². The van der Waals surface area contributed by atoms with Gasteiger partial charge in [-0.2, -0.15) is 0 Å². The van der Waals surface area contributed by atoms with Gasteiger partial charge < -0.3 is 9.64 Å². The number of nitrogens with two attached hydrogens (primary N) is 1. The Kier molecular flexibility index (Phi) is 2.24. The molecule has 0 bridgehead atoms. The Morgan fingerprint density at radius 3 is 2.79 bits per heavy atom. The predicted octanol–water partition coefficient (Wildman–Crippen LogP) is 0.340. The molecule has 0 radical (unpaired) electrons. The minimum atomic E-state index is -3.65. The number of hydrogen-bond acceptors (Lipinski definition) is 5. The molecule has 5 nitrogen and oxygen atoms in total. The van der Waals surface area contributed by atoms with Gasteiger partial charge in [-0.05, 0) is 5.41 Å². The molecule has 0 aromatic heterocycles. The Bertz CT molecular complexity index is 380. The number of thioether (sulfide) groups is 1. The summed E-state index contributed by atoms with van der Waals surface area (Å²) in [5.41, 5.74) is 0. The molecule has 0 aromatic rings. The molecule has 2 N–H and O–H groups in total. The number of sulfonamides is 1. The van der Waals surface area contributed by atoms with Crippen molar-refractivity contribution in [2.75, 3.05) is 6.73 Å². The van der Waals surface area contributed by atoms with E-state index >= 15 is 0 Å². The van der Waals surface area contributed by atoms with Gasteiger partial charge in [-0.25, -0.2) is 13.6 Å². The fourth-order valence-electron chi connectivity index (χ4n) is 1.43. The molecule has 2 aliphatic heterocycles. The summed E-state index contributed by atoms with van der Waals surface area (Å²) in [7, 11) is -3.65. The van der Waals surface area contributed by atoms with Crippen molar-refractivity contribution in [3.63, 3.8) is 0 Å². The SMILES string of the molecule is NS(=O)(=O)C1(N2C=COC2)CC=CS1. The van der Waals surface area contributed by atoms with E-state index in [0.717, 1.165) is 0 Å². The highest BCUT2D eigenvalue weighted by molar-refractivity contribution is 8.15. The lowest BCUT2D eigenvalue weighted by molar-refractivity contribution is 0.152. The van der Waals surface area contributed by atoms with E-state index in [1.54, 1.807) is 22.6 Å². The van der Waals surface area contributed by atoms with Gasteiger partial charge in [-0.3, -0.25) is 0 Å². The summed E-state index contributed by atoms with van der Waals surface area (Å²) in [5, 5.41) is 6.98. The summed E-state index contributed by atoms with van der Waals surface area (Å²) >= 11 is 1.20. The monoisotopic (exact) mass is 234 g/mol. The van der Waals surface area contributed by atoms with E-state index in [1.165, 1.54) is 18.0 Å². The van der Waals surface area contributed by atoms with Crippen LogP contribution in [0.3, 0.4) is 0 Å². The second-order valence-corrected chi connectivity index (χ2v) is 6.21. The standard InChI is InChI=1S/C7H10N2O3S2/c8-14(10,11)7(2-1-5-13-7)9-3-4-12-6-9/h1,3-5H,2,6H2,(H2,8,10,11). The lowest BCUT2D eigenvalue weighted by Crippen LogP contribution is -2.50. The molecule has 14 heavy (non-hydrogen) atoms. The van der Waals surface area contributed by atoms with Crippen LogP contribution in [0.5, 0.6) is 0 Å². The van der Waals surface area contributed by atoms with Crippen molar-refractivity contribution in [1.29, 1.82) is 0 Å². The first-order chi connectivity index (χ1) is 6.56. The summed E-state index contributed by atoms with van der Waals surface area (Å²) in [6, 6.07) is 0. The summed E-state index contributed by atoms with van der Waals surface area (Å²) in [6.45, 7) is 0.227. The van der Waals surface area contributed by atoms with Crippen LogP contribution in [0.2, 0.25) is 0 Å². The lowest BCUT2D eigenvalue weighted by atomic mass is 10.4. The topological polar surface area (TPSA) is 72.6 Å². The molecular formula is C7H10N2O3S2. The largest absolute Gasteiger partial charge is 0.479 e. The maximum atomic E-state index is 11.5. The normalized spacial score (nSPS) is 31.1. The molecule has 78 valence electrons. The van der Waals surface area contributed by atoms with Crippen molar-refractivity contribution >= 4 is 21.8 Å². The zero-order valence-electron chi connectivity index (χ0n) is 7.29. The molecular weight excluding hydrogens is 224 g/mol. The zero-order valence-corrected chi connectivity index (χ0v) is 8.92. The van der Waals surface area contributed by atoms with Crippen molar-refractivity contribution in [3.8, 4) is 0 Å². The minimum absolute atomic E-state index is 0.227. The lowest BCUT2D eigenvalue weighted by Gasteiger charge is -2.33. The summed E-state index contributed by atoms with van der Waals surface area (Å²) in [5.74, 6) is 0. The van der Waals surface area contributed by atoms with Crippen molar-refractivity contribution in [3.05, 3.63) is 23.9 Å². The summed E-state index contributed by atoms with van der Waals surface area (Å²) in [6.07, 6.45) is 5.24. The highest BCUT2D eigenvalue weighted by Gasteiger charge is 2.48. The molecule has 0 saturated heterocycles. The summed E-state index contributed by atoms with van der Waals surface area (Å²) in [4.78, 5) is 1.59. The van der Waals surface area contributed by atoms with Crippen LogP contribution in [0.4, 0.5) is 0 Å². The van der Waals surface area contributed by atoms with Gasteiger partial charge in [0, 0.05) is 12.6 Å². The first-order valence-electron chi connectivity index (χ1n) is 3.96. The Hall–Kier alpha value is -0.660. The van der Waals surface area contributed by atoms with Crippen LogP contribution in [-0.2, 0) is 14.8 Å². The van der Waals surface area contributed by atoms with E-state index in [2.05, 4.69) is 0 Å². The van der Waals surface area contributed by atoms with Crippen LogP contribution in [-0.4, -0.2) is 24.3 Å². The second-order valence-electron chi connectivity index (χ2n) is 3.00. The van der Waals surface area contributed by atoms with Gasteiger partial charge in [0.25, 0.3) is 0 Å². The number of primary sulfonamides is 1. The maximum absolute atomic E-state index is 11.5. The van der Waals surface area contributed by atoms with Crippen LogP contribution in [0.25, 0.3) is 0 Å². The molecule has 0 saturated carbocycles. The van der Waals surface area contributed by atoms with Gasteiger partial charge in [-0.15, -0.1) is 0 Å². The van der Waals surface area contributed by atoms with Crippen LogP contribution >= 0.6 is 11.8 Å². The van der Waals surface area contributed by atoms with Gasteiger partial charge >= 0.3 is 0 Å². The molecule has 0 aliphatic carbocycles. The van der Waals surface area contributed by atoms with Gasteiger partial charge in [0.1, 0.15) is 6.26 Å². The van der Waals surface area contributed by atoms with Gasteiger partial charge in [0.2, 0.25) is 14.2 Å². The number of nitrogens with zero attached hydrogens (tertiary/aromatic N) is 1. The molecule has 7 heteroatoms. The first-order valence-corrected chi connectivity index (χ1v) is 6.39. The zero-order chi connectivity index (χ0) is 10.2. The molecule has 2 heterocycles. The van der Waals surface area contributed by atoms with Crippen LogP contribution in [0.15, 0.2) is 23.9 Å². The molecule has 0 aromatic carbocycles. The quantitative estimate of drug-likeness (QED) is 0.746. The van der Waals surface area contributed by atoms with E-state index in [1.807, 2.05) is 0 Å². The Morgan fingerprint density at radius 2 is 2.36 bits per heavy atom. The molecule has 1 atom stereocenters. The van der Waals surface area contributed by atoms with Gasteiger partial charge in [-0.1, -0.05) is 17.8 Å². The van der Waals surface area contributed by atoms with E-state index < -0.39 is 14.2 Å². The smallest absolute Gasteiger partial charge is 0.243 e. The second kappa shape index (κ2) is 3.18. The molecule has 0 fully saturated rings. The van der Waals surface area contributed by atoms with Gasteiger partial charge in [0.15, 0.2) is 6.73 Å². The van der Waals surface area contributed by atoms with Crippen LogP contribution in [0, 0.1) is 0 Å². The predicted molar refractivity (Wildman–Crippen MR) is 54.1 cm³/mol. The van der Waals surface area contributed by atoms with E-state index in [0.29, 0.717) is 6.42 Å². The number of hydrogen-bond donors (Lipinski definition) is 1. The average molecular weight is 234 g/mol. The highest BCUT2D eigenvalue weighted by Crippen LogP contribution is 2.43. The molecule has 2 rings (SSSR count). The molecule has 1 unspecified atom stereocenters.